The number of hydrogen-bond acceptors (Lipinski definition) is 4. The summed E-state index contributed by atoms with van der Waals surface area (Å²) in [7, 11) is 0. The third-order valence-corrected chi connectivity index (χ3v) is 4.28. The molecule has 6 heteroatoms. The lowest BCUT2D eigenvalue weighted by molar-refractivity contribution is -0.124. The molecular formula is C20H17ClN2O3. The Hall–Kier alpha value is -2.92. The monoisotopic (exact) mass is 368 g/mol. The molecule has 0 bridgehead atoms. The number of halogens is 1. The van der Waals surface area contributed by atoms with E-state index >= 15 is 0 Å². The second-order valence-electron chi connectivity index (χ2n) is 5.78. The molecule has 1 amide bonds. The summed E-state index contributed by atoms with van der Waals surface area (Å²) < 4.78 is 5.02. The van der Waals surface area contributed by atoms with Gasteiger partial charge in [0.05, 0.1) is 11.6 Å². The number of ether oxygens (including phenoxy) is 1. The predicted octanol–water partition coefficient (Wildman–Crippen LogP) is 3.92. The predicted molar refractivity (Wildman–Crippen MR) is 100 cm³/mol. The van der Waals surface area contributed by atoms with Crippen LogP contribution in [0.2, 0.25) is 5.15 Å². The number of hydrogen-bond donors (Lipinski definition) is 1. The van der Waals surface area contributed by atoms with Gasteiger partial charge in [-0.15, -0.1) is 0 Å². The summed E-state index contributed by atoms with van der Waals surface area (Å²) in [6, 6.07) is 16.7. The van der Waals surface area contributed by atoms with Crippen molar-refractivity contribution in [2.24, 2.45) is 0 Å². The number of nitrogens with one attached hydrogen (secondary N) is 1. The maximum Gasteiger partial charge on any atom is 0.341 e. The van der Waals surface area contributed by atoms with Crippen LogP contribution in [0.15, 0.2) is 60.8 Å². The van der Waals surface area contributed by atoms with Gasteiger partial charge in [-0.25, -0.2) is 9.78 Å². The van der Waals surface area contributed by atoms with Crippen LogP contribution >= 0.6 is 11.6 Å². The number of benzene rings is 2. The number of nitrogens with zero attached hydrogens (tertiary/aromatic N) is 1. The molecule has 5 nitrogen and oxygen atoms in total. The molecule has 0 radical (unpaired) electrons. The Morgan fingerprint density at radius 3 is 2.69 bits per heavy atom. The third kappa shape index (κ3) is 4.00. The van der Waals surface area contributed by atoms with Gasteiger partial charge in [-0.3, -0.25) is 4.79 Å². The van der Waals surface area contributed by atoms with Crippen LogP contribution in [-0.4, -0.2) is 23.5 Å². The number of aromatic nitrogens is 1. The molecule has 0 unspecified atom stereocenters. The van der Waals surface area contributed by atoms with Gasteiger partial charge in [0.2, 0.25) is 0 Å². The molecule has 1 N–H and O–H groups in total. The SMILES string of the molecule is C[C@H](NC(=O)COC(=O)c1cccnc1Cl)c1cccc2ccccc12. The van der Waals surface area contributed by atoms with Gasteiger partial charge in [0.25, 0.3) is 5.91 Å². The lowest BCUT2D eigenvalue weighted by Crippen LogP contribution is -2.31. The van der Waals surface area contributed by atoms with Crippen molar-refractivity contribution in [3.8, 4) is 0 Å². The van der Waals surface area contributed by atoms with Crippen LogP contribution in [-0.2, 0) is 9.53 Å². The largest absolute Gasteiger partial charge is 0.452 e. The van der Waals surface area contributed by atoms with Crippen molar-refractivity contribution in [2.75, 3.05) is 6.61 Å². The van der Waals surface area contributed by atoms with Gasteiger partial charge in [-0.1, -0.05) is 54.1 Å². The zero-order chi connectivity index (χ0) is 18.5. The van der Waals surface area contributed by atoms with Crippen molar-refractivity contribution in [1.82, 2.24) is 10.3 Å². The van der Waals surface area contributed by atoms with Crippen LogP contribution in [0.3, 0.4) is 0 Å². The standard InChI is InChI=1S/C20H17ClN2O3/c1-13(15-9-4-7-14-6-2-3-8-16(14)15)23-18(24)12-26-20(25)17-10-5-11-22-19(17)21/h2-11,13H,12H2,1H3,(H,23,24)/t13-/m0/s1. The summed E-state index contributed by atoms with van der Waals surface area (Å²) >= 11 is 5.84. The Morgan fingerprint density at radius 2 is 1.88 bits per heavy atom. The lowest BCUT2D eigenvalue weighted by atomic mass is 10.00. The zero-order valence-corrected chi connectivity index (χ0v) is 14.9. The summed E-state index contributed by atoms with van der Waals surface area (Å²) in [6.45, 7) is 1.50. The summed E-state index contributed by atoms with van der Waals surface area (Å²) in [5.74, 6) is -1.07. The highest BCUT2D eigenvalue weighted by Gasteiger charge is 2.16. The first kappa shape index (κ1) is 17.9. The number of amides is 1. The van der Waals surface area contributed by atoms with Gasteiger partial charge in [0.1, 0.15) is 5.15 Å². The van der Waals surface area contributed by atoms with Crippen molar-refractivity contribution in [2.45, 2.75) is 13.0 Å². The van der Waals surface area contributed by atoms with E-state index < -0.39 is 11.9 Å². The second kappa shape index (κ2) is 7.97. The number of carbonyl (C=O) groups is 2. The van der Waals surface area contributed by atoms with E-state index in [2.05, 4.69) is 10.3 Å². The number of pyridine rings is 1. The van der Waals surface area contributed by atoms with Crippen molar-refractivity contribution in [3.05, 3.63) is 77.1 Å². The van der Waals surface area contributed by atoms with Crippen LogP contribution in [0.25, 0.3) is 10.8 Å². The Morgan fingerprint density at radius 1 is 1.12 bits per heavy atom. The molecule has 1 heterocycles. The molecule has 132 valence electrons. The highest BCUT2D eigenvalue weighted by atomic mass is 35.5. The first-order valence-corrected chi connectivity index (χ1v) is 8.48. The minimum Gasteiger partial charge on any atom is -0.452 e. The maximum atomic E-state index is 12.1. The van der Waals surface area contributed by atoms with E-state index in [1.807, 2.05) is 49.4 Å². The average Bonchev–Trinajstić information content (AvgIpc) is 2.66. The van der Waals surface area contributed by atoms with Crippen molar-refractivity contribution >= 4 is 34.2 Å². The van der Waals surface area contributed by atoms with Crippen molar-refractivity contribution in [1.29, 1.82) is 0 Å². The van der Waals surface area contributed by atoms with Crippen LogP contribution < -0.4 is 5.32 Å². The molecule has 0 aliphatic rings. The van der Waals surface area contributed by atoms with Crippen LogP contribution in [0.4, 0.5) is 0 Å². The van der Waals surface area contributed by atoms with E-state index in [4.69, 9.17) is 16.3 Å². The fourth-order valence-corrected chi connectivity index (χ4v) is 2.93. The van der Waals surface area contributed by atoms with Gasteiger partial charge in [0, 0.05) is 6.20 Å². The Kier molecular flexibility index (Phi) is 5.49. The number of carbonyl (C=O) groups excluding carboxylic acids is 2. The van der Waals surface area contributed by atoms with Gasteiger partial charge >= 0.3 is 5.97 Å². The van der Waals surface area contributed by atoms with Crippen molar-refractivity contribution in [3.63, 3.8) is 0 Å². The molecular weight excluding hydrogens is 352 g/mol. The highest BCUT2D eigenvalue weighted by molar-refractivity contribution is 6.32. The zero-order valence-electron chi connectivity index (χ0n) is 14.1. The molecule has 1 atom stereocenters. The van der Waals surface area contributed by atoms with Crippen LogP contribution in [0, 0.1) is 0 Å². The smallest absolute Gasteiger partial charge is 0.341 e. The molecule has 0 aliphatic heterocycles. The number of rotatable bonds is 5. The Bertz CT molecular complexity index is 953. The van der Waals surface area contributed by atoms with E-state index in [0.717, 1.165) is 16.3 Å². The van der Waals surface area contributed by atoms with Crippen LogP contribution in [0.5, 0.6) is 0 Å². The second-order valence-corrected chi connectivity index (χ2v) is 6.13. The molecule has 3 rings (SSSR count). The summed E-state index contributed by atoms with van der Waals surface area (Å²) in [5, 5.41) is 5.06. The van der Waals surface area contributed by atoms with Crippen LogP contribution in [0.1, 0.15) is 28.9 Å². The number of fused-ring (bicyclic) bond motifs is 1. The van der Waals surface area contributed by atoms with Crippen molar-refractivity contribution < 1.29 is 14.3 Å². The average molecular weight is 369 g/mol. The molecule has 0 spiro atoms. The number of esters is 1. The molecule has 0 saturated carbocycles. The molecule has 2 aromatic carbocycles. The summed E-state index contributed by atoms with van der Waals surface area (Å²) in [5.41, 5.74) is 1.13. The van der Waals surface area contributed by atoms with E-state index in [1.165, 1.54) is 12.3 Å². The minimum atomic E-state index is -0.684. The van der Waals surface area contributed by atoms with Gasteiger partial charge in [-0.05, 0) is 35.4 Å². The molecule has 1 aromatic heterocycles. The first-order chi connectivity index (χ1) is 12.6. The quantitative estimate of drug-likeness (QED) is 0.547. The van der Waals surface area contributed by atoms with E-state index in [9.17, 15) is 9.59 Å². The fourth-order valence-electron chi connectivity index (χ4n) is 2.74. The molecule has 0 saturated heterocycles. The van der Waals surface area contributed by atoms with Gasteiger partial charge in [0.15, 0.2) is 6.61 Å². The topological polar surface area (TPSA) is 68.3 Å². The Balaban J connectivity index is 1.63. The molecule has 3 aromatic rings. The molecule has 26 heavy (non-hydrogen) atoms. The normalized spacial score (nSPS) is 11.8. The third-order valence-electron chi connectivity index (χ3n) is 3.98. The van der Waals surface area contributed by atoms with Gasteiger partial charge in [-0.2, -0.15) is 0 Å². The summed E-state index contributed by atoms with van der Waals surface area (Å²) in [4.78, 5) is 27.9. The first-order valence-electron chi connectivity index (χ1n) is 8.11. The van der Waals surface area contributed by atoms with E-state index in [-0.39, 0.29) is 23.4 Å². The lowest BCUT2D eigenvalue weighted by Gasteiger charge is -2.16. The summed E-state index contributed by atoms with van der Waals surface area (Å²) in [6.07, 6.45) is 1.47. The highest BCUT2D eigenvalue weighted by Crippen LogP contribution is 2.24. The maximum absolute atomic E-state index is 12.1. The molecule has 0 fully saturated rings. The fraction of sp³-hybridized carbons (Fsp3) is 0.150. The van der Waals surface area contributed by atoms with Gasteiger partial charge < -0.3 is 10.1 Å². The minimum absolute atomic E-state index is 0.0435. The Labute approximate surface area is 156 Å². The van der Waals surface area contributed by atoms with E-state index in [1.54, 1.807) is 6.07 Å². The van der Waals surface area contributed by atoms with E-state index in [0.29, 0.717) is 0 Å². The molecule has 0 aliphatic carbocycles.